The summed E-state index contributed by atoms with van der Waals surface area (Å²) in [5.74, 6) is 0.187. The molecule has 4 heteroatoms. The van der Waals surface area contributed by atoms with E-state index in [0.717, 1.165) is 30.8 Å². The van der Waals surface area contributed by atoms with Gasteiger partial charge in [-0.2, -0.15) is 0 Å². The number of hydrogen-bond acceptors (Lipinski definition) is 3. The van der Waals surface area contributed by atoms with Crippen LogP contribution in [0.15, 0.2) is 18.2 Å². The van der Waals surface area contributed by atoms with E-state index in [1.165, 1.54) is 5.56 Å². The fourth-order valence-corrected chi connectivity index (χ4v) is 2.33. The van der Waals surface area contributed by atoms with Crippen LogP contribution in [0.3, 0.4) is 0 Å². The maximum absolute atomic E-state index is 12.0. The van der Waals surface area contributed by atoms with Crippen LogP contribution in [-0.2, 0) is 17.8 Å². The molecule has 0 saturated heterocycles. The summed E-state index contributed by atoms with van der Waals surface area (Å²) in [5.41, 5.74) is 9.17. The van der Waals surface area contributed by atoms with Crippen molar-refractivity contribution in [3.05, 3.63) is 29.3 Å². The van der Waals surface area contributed by atoms with Gasteiger partial charge in [-0.3, -0.25) is 4.79 Å². The molecule has 0 aliphatic carbocycles. The molecule has 2 rings (SSSR count). The number of nitrogens with zero attached hydrogens (tertiary/aromatic N) is 1. The predicted molar refractivity (Wildman–Crippen MR) is 73.5 cm³/mol. The first-order valence-electron chi connectivity index (χ1n) is 6.44. The molecule has 1 unspecified atom stereocenters. The fourth-order valence-electron chi connectivity index (χ4n) is 2.33. The van der Waals surface area contributed by atoms with Crippen LogP contribution in [0.25, 0.3) is 0 Å². The van der Waals surface area contributed by atoms with Gasteiger partial charge in [0.05, 0.1) is 6.42 Å². The Morgan fingerprint density at radius 2 is 2.28 bits per heavy atom. The lowest BCUT2D eigenvalue weighted by molar-refractivity contribution is -0.117. The van der Waals surface area contributed by atoms with Gasteiger partial charge in [-0.1, -0.05) is 12.1 Å². The van der Waals surface area contributed by atoms with Gasteiger partial charge in [0.1, 0.15) is 0 Å². The molecule has 0 spiro atoms. The van der Waals surface area contributed by atoms with Gasteiger partial charge < -0.3 is 16.0 Å². The number of nitrogens with two attached hydrogens (primary N) is 1. The van der Waals surface area contributed by atoms with E-state index in [2.05, 4.69) is 17.4 Å². The van der Waals surface area contributed by atoms with E-state index in [9.17, 15) is 4.79 Å². The molecule has 0 bridgehead atoms. The summed E-state index contributed by atoms with van der Waals surface area (Å²) in [6, 6.07) is 6.38. The summed E-state index contributed by atoms with van der Waals surface area (Å²) < 4.78 is 0. The highest BCUT2D eigenvalue weighted by Crippen LogP contribution is 2.29. The topological polar surface area (TPSA) is 58.4 Å². The van der Waals surface area contributed by atoms with Gasteiger partial charge in [0.25, 0.3) is 0 Å². The summed E-state index contributed by atoms with van der Waals surface area (Å²) in [7, 11) is 1.92. The highest BCUT2D eigenvalue weighted by molar-refractivity contribution is 6.01. The van der Waals surface area contributed by atoms with Gasteiger partial charge in [-0.25, -0.2) is 0 Å². The van der Waals surface area contributed by atoms with Gasteiger partial charge in [-0.15, -0.1) is 0 Å². The second-order valence-electron chi connectivity index (χ2n) is 4.98. The van der Waals surface area contributed by atoms with E-state index in [0.29, 0.717) is 6.42 Å². The van der Waals surface area contributed by atoms with Gasteiger partial charge in [-0.05, 0) is 37.6 Å². The monoisotopic (exact) mass is 247 g/mol. The average molecular weight is 247 g/mol. The summed E-state index contributed by atoms with van der Waals surface area (Å²) in [4.78, 5) is 13.8. The average Bonchev–Trinajstić information content (AvgIpc) is 2.62. The molecule has 1 amide bonds. The Kier molecular flexibility index (Phi) is 3.99. The van der Waals surface area contributed by atoms with Gasteiger partial charge in [0, 0.05) is 24.8 Å². The van der Waals surface area contributed by atoms with Crippen molar-refractivity contribution in [2.45, 2.75) is 32.4 Å². The fraction of sp³-hybridized carbons (Fsp3) is 0.500. The van der Waals surface area contributed by atoms with Crippen LogP contribution in [0.4, 0.5) is 5.69 Å². The minimum absolute atomic E-state index is 0.130. The van der Waals surface area contributed by atoms with Crippen molar-refractivity contribution in [3.8, 4) is 0 Å². The van der Waals surface area contributed by atoms with Gasteiger partial charge >= 0.3 is 0 Å². The van der Waals surface area contributed by atoms with E-state index < -0.39 is 0 Å². The van der Waals surface area contributed by atoms with Crippen LogP contribution < -0.4 is 16.0 Å². The SMILES string of the molecule is CNCc1ccc2c(c1)CC(=O)N2CCC(C)N. The predicted octanol–water partition coefficient (Wildman–Crippen LogP) is 1.03. The minimum atomic E-state index is 0.130. The number of benzene rings is 1. The molecular weight excluding hydrogens is 226 g/mol. The van der Waals surface area contributed by atoms with E-state index in [-0.39, 0.29) is 11.9 Å². The number of fused-ring (bicyclic) bond motifs is 1. The normalized spacial score (nSPS) is 15.9. The molecule has 18 heavy (non-hydrogen) atoms. The van der Waals surface area contributed by atoms with Crippen molar-refractivity contribution in [2.75, 3.05) is 18.5 Å². The molecule has 0 radical (unpaired) electrons. The Balaban J connectivity index is 2.16. The lowest BCUT2D eigenvalue weighted by Gasteiger charge is -2.18. The summed E-state index contributed by atoms with van der Waals surface area (Å²) in [6.07, 6.45) is 1.36. The molecule has 0 fully saturated rings. The minimum Gasteiger partial charge on any atom is -0.328 e. The number of carbonyl (C=O) groups is 1. The highest BCUT2D eigenvalue weighted by atomic mass is 16.2. The van der Waals surface area contributed by atoms with Crippen LogP contribution in [0.1, 0.15) is 24.5 Å². The van der Waals surface area contributed by atoms with Gasteiger partial charge in [0.2, 0.25) is 5.91 Å². The van der Waals surface area contributed by atoms with Crippen LogP contribution >= 0.6 is 0 Å². The standard InChI is InChI=1S/C14H21N3O/c1-10(15)5-6-17-13-4-3-11(9-16-2)7-12(13)8-14(17)18/h3-4,7,10,16H,5-6,8-9,15H2,1-2H3. The molecule has 1 aliphatic heterocycles. The maximum atomic E-state index is 12.0. The third-order valence-corrected chi connectivity index (χ3v) is 3.27. The first kappa shape index (κ1) is 13.1. The van der Waals surface area contributed by atoms with Crippen molar-refractivity contribution in [2.24, 2.45) is 5.73 Å². The van der Waals surface area contributed by atoms with E-state index in [1.807, 2.05) is 24.9 Å². The Labute approximate surface area is 108 Å². The first-order chi connectivity index (χ1) is 8.61. The van der Waals surface area contributed by atoms with E-state index in [1.54, 1.807) is 0 Å². The van der Waals surface area contributed by atoms with Gasteiger partial charge in [0.15, 0.2) is 0 Å². The van der Waals surface area contributed by atoms with Crippen LogP contribution in [0.2, 0.25) is 0 Å². The number of carbonyl (C=O) groups excluding carboxylic acids is 1. The van der Waals surface area contributed by atoms with Crippen LogP contribution in [-0.4, -0.2) is 25.5 Å². The maximum Gasteiger partial charge on any atom is 0.231 e. The van der Waals surface area contributed by atoms with Crippen molar-refractivity contribution in [1.29, 1.82) is 0 Å². The zero-order valence-corrected chi connectivity index (χ0v) is 11.1. The second-order valence-corrected chi connectivity index (χ2v) is 4.98. The third-order valence-electron chi connectivity index (χ3n) is 3.27. The largest absolute Gasteiger partial charge is 0.328 e. The Morgan fingerprint density at radius 3 is 2.94 bits per heavy atom. The molecule has 98 valence electrons. The molecular formula is C14H21N3O. The Hall–Kier alpha value is -1.39. The molecule has 1 aromatic rings. The molecule has 4 nitrogen and oxygen atoms in total. The smallest absolute Gasteiger partial charge is 0.231 e. The van der Waals surface area contributed by atoms with Crippen LogP contribution in [0, 0.1) is 0 Å². The van der Waals surface area contributed by atoms with Crippen molar-refractivity contribution in [1.82, 2.24) is 5.32 Å². The molecule has 0 saturated carbocycles. The summed E-state index contributed by atoms with van der Waals surface area (Å²) in [5, 5.41) is 3.12. The van der Waals surface area contributed by atoms with Crippen molar-refractivity contribution < 1.29 is 4.79 Å². The lowest BCUT2D eigenvalue weighted by Crippen LogP contribution is -2.31. The quantitative estimate of drug-likeness (QED) is 0.817. The Morgan fingerprint density at radius 1 is 1.50 bits per heavy atom. The zero-order valence-electron chi connectivity index (χ0n) is 11.1. The third kappa shape index (κ3) is 2.71. The van der Waals surface area contributed by atoms with E-state index in [4.69, 9.17) is 5.73 Å². The van der Waals surface area contributed by atoms with Crippen molar-refractivity contribution >= 4 is 11.6 Å². The van der Waals surface area contributed by atoms with Crippen molar-refractivity contribution in [3.63, 3.8) is 0 Å². The zero-order chi connectivity index (χ0) is 13.1. The Bertz CT molecular complexity index is 443. The molecule has 1 heterocycles. The molecule has 1 atom stereocenters. The van der Waals surface area contributed by atoms with Crippen LogP contribution in [0.5, 0.6) is 0 Å². The van der Waals surface area contributed by atoms with E-state index >= 15 is 0 Å². The first-order valence-corrected chi connectivity index (χ1v) is 6.44. The number of hydrogen-bond donors (Lipinski definition) is 2. The molecule has 0 aromatic heterocycles. The number of nitrogens with one attached hydrogen (secondary N) is 1. The molecule has 1 aromatic carbocycles. The molecule has 3 N–H and O–H groups in total. The molecule has 1 aliphatic rings. The summed E-state index contributed by atoms with van der Waals surface area (Å²) in [6.45, 7) is 3.52. The highest BCUT2D eigenvalue weighted by Gasteiger charge is 2.26. The number of rotatable bonds is 5. The lowest BCUT2D eigenvalue weighted by atomic mass is 10.1. The number of anilines is 1. The number of amides is 1. The second kappa shape index (κ2) is 5.50. The summed E-state index contributed by atoms with van der Waals surface area (Å²) >= 11 is 0.